The minimum Gasteiger partial charge on any atom is -0.383 e. The summed E-state index contributed by atoms with van der Waals surface area (Å²) in [6, 6.07) is 1.30. The normalized spacial score (nSPS) is 12.1. The Morgan fingerprint density at radius 3 is 2.85 bits per heavy atom. The van der Waals surface area contributed by atoms with Gasteiger partial charge in [0.1, 0.15) is 5.82 Å². The first-order valence-electron chi connectivity index (χ1n) is 3.77. The second kappa shape index (κ2) is 3.82. The number of anilines is 1. The van der Waals surface area contributed by atoms with E-state index in [0.717, 1.165) is 5.56 Å². The van der Waals surface area contributed by atoms with Crippen molar-refractivity contribution in [1.29, 1.82) is 0 Å². The third kappa shape index (κ3) is 1.91. The van der Waals surface area contributed by atoms with Crippen molar-refractivity contribution in [1.82, 2.24) is 4.98 Å². The van der Waals surface area contributed by atoms with Gasteiger partial charge < -0.3 is 11.5 Å². The van der Waals surface area contributed by atoms with E-state index in [1.54, 1.807) is 12.1 Å². The van der Waals surface area contributed by atoms with Gasteiger partial charge in [-0.15, -0.1) is 6.58 Å². The van der Waals surface area contributed by atoms with Crippen molar-refractivity contribution in [2.45, 2.75) is 6.04 Å². The lowest BCUT2D eigenvalue weighted by Crippen LogP contribution is -2.08. The molecule has 1 rings (SSSR count). The van der Waals surface area contributed by atoms with E-state index in [4.69, 9.17) is 11.5 Å². The summed E-state index contributed by atoms with van der Waals surface area (Å²) < 4.78 is 0. The number of rotatable bonds is 3. The number of pyridine rings is 1. The highest BCUT2D eigenvalue weighted by Crippen LogP contribution is 2.14. The Hall–Kier alpha value is -1.68. The molecule has 0 saturated heterocycles. The van der Waals surface area contributed by atoms with Crippen LogP contribution in [0.25, 0.3) is 0 Å². The highest BCUT2D eigenvalue weighted by molar-refractivity contribution is 5.81. The largest absolute Gasteiger partial charge is 0.383 e. The molecule has 0 unspecified atom stereocenters. The Balaban J connectivity index is 3.12. The number of carbonyl (C=O) groups excluding carboxylic acids is 1. The zero-order chi connectivity index (χ0) is 9.84. The van der Waals surface area contributed by atoms with Crippen LogP contribution in [-0.4, -0.2) is 11.3 Å². The number of aromatic nitrogens is 1. The molecular weight excluding hydrogens is 166 g/mol. The van der Waals surface area contributed by atoms with Crippen LogP contribution in [0.2, 0.25) is 0 Å². The van der Waals surface area contributed by atoms with Gasteiger partial charge in [0.15, 0.2) is 6.29 Å². The van der Waals surface area contributed by atoms with E-state index < -0.39 is 0 Å². The number of hydrogen-bond donors (Lipinski definition) is 2. The van der Waals surface area contributed by atoms with Gasteiger partial charge in [-0.1, -0.05) is 6.08 Å². The number of nitrogen functional groups attached to an aromatic ring is 1. The maximum absolute atomic E-state index is 10.5. The second-order valence-corrected chi connectivity index (χ2v) is 2.62. The van der Waals surface area contributed by atoms with Gasteiger partial charge in [0.25, 0.3) is 0 Å². The summed E-state index contributed by atoms with van der Waals surface area (Å²) in [6.07, 6.45) is 3.76. The lowest BCUT2D eigenvalue weighted by molar-refractivity contribution is 0.112. The van der Waals surface area contributed by atoms with Crippen LogP contribution in [0.4, 0.5) is 5.82 Å². The molecule has 4 nitrogen and oxygen atoms in total. The fourth-order valence-electron chi connectivity index (χ4n) is 0.922. The van der Waals surface area contributed by atoms with Crippen LogP contribution < -0.4 is 11.5 Å². The summed E-state index contributed by atoms with van der Waals surface area (Å²) in [5, 5.41) is 0. The Morgan fingerprint density at radius 2 is 2.31 bits per heavy atom. The van der Waals surface area contributed by atoms with Gasteiger partial charge in [-0.05, 0) is 11.6 Å². The molecule has 4 N–H and O–H groups in total. The zero-order valence-electron chi connectivity index (χ0n) is 7.10. The van der Waals surface area contributed by atoms with Gasteiger partial charge in [0.2, 0.25) is 0 Å². The van der Waals surface area contributed by atoms with Crippen LogP contribution >= 0.6 is 0 Å². The summed E-state index contributed by atoms with van der Waals surface area (Å²) >= 11 is 0. The first kappa shape index (κ1) is 9.41. The average molecular weight is 177 g/mol. The molecule has 4 heteroatoms. The third-order valence-corrected chi connectivity index (χ3v) is 1.74. The van der Waals surface area contributed by atoms with Crippen molar-refractivity contribution in [3.63, 3.8) is 0 Å². The Morgan fingerprint density at radius 1 is 1.62 bits per heavy atom. The zero-order valence-corrected chi connectivity index (χ0v) is 7.10. The topological polar surface area (TPSA) is 82.0 Å². The number of aldehydes is 1. The quantitative estimate of drug-likeness (QED) is 0.525. The molecule has 0 aliphatic heterocycles. The van der Waals surface area contributed by atoms with Gasteiger partial charge >= 0.3 is 0 Å². The number of hydrogen-bond acceptors (Lipinski definition) is 4. The highest BCUT2D eigenvalue weighted by Gasteiger charge is 2.05. The lowest BCUT2D eigenvalue weighted by Gasteiger charge is -2.06. The minimum atomic E-state index is -0.313. The Labute approximate surface area is 76.3 Å². The first-order chi connectivity index (χ1) is 6.19. The molecular formula is C9H11N3O. The molecule has 0 saturated carbocycles. The molecule has 0 amide bonds. The molecule has 0 aliphatic rings. The number of carbonyl (C=O) groups is 1. The van der Waals surface area contributed by atoms with Crippen LogP contribution in [-0.2, 0) is 0 Å². The van der Waals surface area contributed by atoms with Crippen molar-refractivity contribution in [3.8, 4) is 0 Å². The van der Waals surface area contributed by atoms with Crippen LogP contribution in [0.5, 0.6) is 0 Å². The van der Waals surface area contributed by atoms with Crippen molar-refractivity contribution in [2.75, 3.05) is 5.73 Å². The van der Waals surface area contributed by atoms with E-state index in [2.05, 4.69) is 11.6 Å². The number of nitrogens with zero attached hydrogens (tertiary/aromatic N) is 1. The van der Waals surface area contributed by atoms with Gasteiger partial charge in [-0.3, -0.25) is 4.79 Å². The third-order valence-electron chi connectivity index (χ3n) is 1.74. The molecule has 1 heterocycles. The van der Waals surface area contributed by atoms with E-state index in [0.29, 0.717) is 11.8 Å². The van der Waals surface area contributed by atoms with Crippen molar-refractivity contribution in [3.05, 3.63) is 36.0 Å². The molecule has 0 spiro atoms. The maximum atomic E-state index is 10.5. The predicted molar refractivity (Wildman–Crippen MR) is 51.2 cm³/mol. The molecule has 1 aromatic rings. The lowest BCUT2D eigenvalue weighted by atomic mass is 10.1. The molecule has 13 heavy (non-hydrogen) atoms. The van der Waals surface area contributed by atoms with E-state index in [9.17, 15) is 4.79 Å². The standard InChI is InChI=1S/C9H11N3O/c1-2-8(10)6-3-7(5-13)9(11)12-4-6/h2-5,8H,1,10H2,(H2,11,12)/t8-/m0/s1. The smallest absolute Gasteiger partial charge is 0.153 e. The summed E-state index contributed by atoms with van der Waals surface area (Å²) in [6.45, 7) is 3.54. The van der Waals surface area contributed by atoms with E-state index in [1.807, 2.05) is 0 Å². The van der Waals surface area contributed by atoms with Gasteiger partial charge in [0.05, 0.1) is 5.56 Å². The van der Waals surface area contributed by atoms with E-state index >= 15 is 0 Å². The molecule has 0 bridgehead atoms. The SMILES string of the molecule is C=C[C@H](N)c1cnc(N)c(C=O)c1. The average Bonchev–Trinajstić information content (AvgIpc) is 2.17. The maximum Gasteiger partial charge on any atom is 0.153 e. The predicted octanol–water partition coefficient (Wildman–Crippen LogP) is 0.662. The monoisotopic (exact) mass is 177 g/mol. The summed E-state index contributed by atoms with van der Waals surface area (Å²) in [5.74, 6) is 0.218. The molecule has 0 aliphatic carbocycles. The fraction of sp³-hybridized carbons (Fsp3) is 0.111. The van der Waals surface area contributed by atoms with Crippen molar-refractivity contribution in [2.24, 2.45) is 5.73 Å². The van der Waals surface area contributed by atoms with E-state index in [1.165, 1.54) is 6.20 Å². The van der Waals surface area contributed by atoms with Gasteiger partial charge in [-0.25, -0.2) is 4.98 Å². The summed E-state index contributed by atoms with van der Waals surface area (Å²) in [7, 11) is 0. The highest BCUT2D eigenvalue weighted by atomic mass is 16.1. The second-order valence-electron chi connectivity index (χ2n) is 2.62. The molecule has 68 valence electrons. The molecule has 0 radical (unpaired) electrons. The van der Waals surface area contributed by atoms with E-state index in [-0.39, 0.29) is 11.9 Å². The molecule has 1 atom stereocenters. The van der Waals surface area contributed by atoms with Crippen LogP contribution in [0.3, 0.4) is 0 Å². The summed E-state index contributed by atoms with van der Waals surface area (Å²) in [4.78, 5) is 14.3. The molecule has 1 aromatic heterocycles. The van der Waals surface area contributed by atoms with Crippen LogP contribution in [0.1, 0.15) is 22.0 Å². The van der Waals surface area contributed by atoms with Crippen LogP contribution in [0, 0.1) is 0 Å². The summed E-state index contributed by atoms with van der Waals surface area (Å²) in [5.41, 5.74) is 12.2. The number of nitrogens with two attached hydrogens (primary N) is 2. The van der Waals surface area contributed by atoms with Crippen molar-refractivity contribution >= 4 is 12.1 Å². The fourth-order valence-corrected chi connectivity index (χ4v) is 0.922. The van der Waals surface area contributed by atoms with Gasteiger partial charge in [-0.2, -0.15) is 0 Å². The Kier molecular flexibility index (Phi) is 2.76. The van der Waals surface area contributed by atoms with Crippen molar-refractivity contribution < 1.29 is 4.79 Å². The molecule has 0 aromatic carbocycles. The van der Waals surface area contributed by atoms with Gasteiger partial charge in [0, 0.05) is 12.2 Å². The molecule has 0 fully saturated rings. The minimum absolute atomic E-state index is 0.218. The van der Waals surface area contributed by atoms with Crippen LogP contribution in [0.15, 0.2) is 24.9 Å². The first-order valence-corrected chi connectivity index (χ1v) is 3.77. The Bertz CT molecular complexity index is 336.